The van der Waals surface area contributed by atoms with E-state index in [1.807, 2.05) is 0 Å². The van der Waals surface area contributed by atoms with Gasteiger partial charge in [0.2, 0.25) is 0 Å². The molecule has 0 spiro atoms. The van der Waals surface area contributed by atoms with Crippen molar-refractivity contribution in [1.29, 1.82) is 0 Å². The van der Waals surface area contributed by atoms with Crippen LogP contribution in [0, 0.1) is 6.57 Å². The zero-order valence-electron chi connectivity index (χ0n) is 18.1. The third-order valence-corrected chi connectivity index (χ3v) is 5.53. The maximum atomic E-state index is 13.0. The van der Waals surface area contributed by atoms with E-state index in [-0.39, 0.29) is 0 Å². The molecule has 0 unspecified atom stereocenters. The van der Waals surface area contributed by atoms with Crippen LogP contribution in [0.2, 0.25) is 0 Å². The first-order valence-corrected chi connectivity index (χ1v) is 11.4. The predicted octanol–water partition coefficient (Wildman–Crippen LogP) is 2.12. The number of rotatable bonds is 2. The van der Waals surface area contributed by atoms with Crippen molar-refractivity contribution in [1.82, 2.24) is 9.62 Å². The minimum absolute atomic E-state index is 0.550. The van der Waals surface area contributed by atoms with Crippen molar-refractivity contribution in [3.8, 4) is 0 Å². The molecule has 0 bridgehead atoms. The Balaban J connectivity index is 3.71. The summed E-state index contributed by atoms with van der Waals surface area (Å²) in [5.41, 5.74) is 2.05. The molecular formula is C17H29BrN4O7S. The average Bonchev–Trinajstić information content (AvgIpc) is 2.61. The minimum atomic E-state index is -4.41. The van der Waals surface area contributed by atoms with Gasteiger partial charge in [0.05, 0.1) is 12.6 Å². The summed E-state index contributed by atoms with van der Waals surface area (Å²) in [4.78, 5) is 29.2. The standard InChI is InChI=1S/C17H29BrN4O7S/c1-10(18)17(20-8)12(11(19)9-27-30(25,26)21-17)22(13(23)28-15(2,3)4)14(24)29-16(5,6)7/h10-12,21H,9,19H2,1-7H3/t10-,11-,12+,17+/m1/s1. The van der Waals surface area contributed by atoms with E-state index in [2.05, 4.69) is 25.5 Å². The summed E-state index contributed by atoms with van der Waals surface area (Å²) >= 11 is 3.21. The van der Waals surface area contributed by atoms with Gasteiger partial charge < -0.3 is 15.2 Å². The summed E-state index contributed by atoms with van der Waals surface area (Å²) in [5, 5.41) is 0. The number of carbonyl (C=O) groups excluding carboxylic acids is 2. The van der Waals surface area contributed by atoms with E-state index in [1.54, 1.807) is 41.5 Å². The molecule has 1 aliphatic rings. The van der Waals surface area contributed by atoms with Gasteiger partial charge in [0.1, 0.15) is 16.0 Å². The van der Waals surface area contributed by atoms with Crippen molar-refractivity contribution in [2.75, 3.05) is 6.61 Å². The Morgan fingerprint density at radius 2 is 1.67 bits per heavy atom. The van der Waals surface area contributed by atoms with Crippen molar-refractivity contribution in [3.05, 3.63) is 11.4 Å². The Labute approximate surface area is 185 Å². The van der Waals surface area contributed by atoms with Crippen molar-refractivity contribution in [2.45, 2.75) is 82.2 Å². The van der Waals surface area contributed by atoms with Crippen LogP contribution in [0.5, 0.6) is 0 Å². The highest BCUT2D eigenvalue weighted by Gasteiger charge is 2.62. The smallest absolute Gasteiger partial charge is 0.420 e. The lowest BCUT2D eigenvalue weighted by atomic mass is 9.91. The second-order valence-electron chi connectivity index (χ2n) is 8.83. The fourth-order valence-corrected chi connectivity index (χ4v) is 4.46. The Kier molecular flexibility index (Phi) is 7.93. The number of halogens is 1. The average molecular weight is 513 g/mol. The molecule has 2 amide bonds. The highest BCUT2D eigenvalue weighted by Crippen LogP contribution is 2.34. The summed E-state index contributed by atoms with van der Waals surface area (Å²) in [6.45, 7) is 18.2. The molecule has 30 heavy (non-hydrogen) atoms. The molecule has 1 saturated heterocycles. The van der Waals surface area contributed by atoms with Crippen LogP contribution in [-0.4, -0.2) is 65.9 Å². The molecule has 13 heteroatoms. The summed E-state index contributed by atoms with van der Waals surface area (Å²) in [6.07, 6.45) is -2.28. The van der Waals surface area contributed by atoms with Crippen molar-refractivity contribution in [2.24, 2.45) is 5.73 Å². The fraction of sp³-hybridized carbons (Fsp3) is 0.824. The highest BCUT2D eigenvalue weighted by atomic mass is 79.9. The molecular weight excluding hydrogens is 484 g/mol. The van der Waals surface area contributed by atoms with Gasteiger partial charge in [0.15, 0.2) is 6.04 Å². The van der Waals surface area contributed by atoms with E-state index in [0.29, 0.717) is 4.90 Å². The van der Waals surface area contributed by atoms with E-state index in [1.165, 1.54) is 6.92 Å². The SMILES string of the molecule is [C-]#[N+][C@@]1([C@@H](C)Br)NS(=O)(=O)OC[C@@H](N)[C@@H]1N(C(=O)OC(C)(C)C)C(=O)OC(C)(C)C. The van der Waals surface area contributed by atoms with Gasteiger partial charge in [0.25, 0.3) is 0 Å². The van der Waals surface area contributed by atoms with Gasteiger partial charge in [-0.25, -0.2) is 16.2 Å². The predicted molar refractivity (Wildman–Crippen MR) is 112 cm³/mol. The molecule has 0 aromatic rings. The van der Waals surface area contributed by atoms with Crippen LogP contribution in [-0.2, 0) is 24.0 Å². The second-order valence-corrected chi connectivity index (χ2v) is 11.6. The molecule has 172 valence electrons. The van der Waals surface area contributed by atoms with E-state index in [4.69, 9.17) is 26.0 Å². The number of nitrogens with two attached hydrogens (primary N) is 1. The molecule has 1 fully saturated rings. The van der Waals surface area contributed by atoms with Crippen LogP contribution in [0.25, 0.3) is 4.85 Å². The number of hydrogen-bond donors (Lipinski definition) is 2. The molecule has 1 aliphatic heterocycles. The summed E-state index contributed by atoms with van der Waals surface area (Å²) in [5.74, 6) is 0. The van der Waals surface area contributed by atoms with Gasteiger partial charge in [-0.3, -0.25) is 9.03 Å². The summed E-state index contributed by atoms with van der Waals surface area (Å²) < 4.78 is 42.1. The lowest BCUT2D eigenvalue weighted by molar-refractivity contribution is -0.0173. The van der Waals surface area contributed by atoms with Gasteiger partial charge in [0, 0.05) is 0 Å². The largest absolute Gasteiger partial charge is 0.443 e. The first-order chi connectivity index (χ1) is 13.4. The fourth-order valence-electron chi connectivity index (χ4n) is 2.68. The van der Waals surface area contributed by atoms with Crippen LogP contribution in [0.1, 0.15) is 48.5 Å². The first-order valence-electron chi connectivity index (χ1n) is 9.07. The lowest BCUT2D eigenvalue weighted by Crippen LogP contribution is -2.70. The Bertz CT molecular complexity index is 785. The number of nitrogens with one attached hydrogen (secondary N) is 1. The molecule has 1 rings (SSSR count). The molecule has 0 saturated carbocycles. The number of amides is 2. The van der Waals surface area contributed by atoms with E-state index >= 15 is 0 Å². The van der Waals surface area contributed by atoms with Crippen LogP contribution in [0.15, 0.2) is 0 Å². The number of carbonyl (C=O) groups is 2. The number of alkyl halides is 1. The van der Waals surface area contributed by atoms with Crippen LogP contribution >= 0.6 is 15.9 Å². The zero-order chi connectivity index (χ0) is 23.7. The summed E-state index contributed by atoms with van der Waals surface area (Å²) in [6, 6.07) is -2.78. The second kappa shape index (κ2) is 8.96. The van der Waals surface area contributed by atoms with Crippen molar-refractivity contribution in [3.63, 3.8) is 0 Å². The van der Waals surface area contributed by atoms with Gasteiger partial charge in [-0.15, -0.1) is 4.72 Å². The monoisotopic (exact) mass is 512 g/mol. The van der Waals surface area contributed by atoms with Gasteiger partial charge in [-0.05, 0) is 48.5 Å². The number of hydrogen-bond acceptors (Lipinski definition) is 8. The van der Waals surface area contributed by atoms with Crippen LogP contribution < -0.4 is 10.5 Å². The Morgan fingerprint density at radius 3 is 2.00 bits per heavy atom. The van der Waals surface area contributed by atoms with Gasteiger partial charge in [-0.1, -0.05) is 15.9 Å². The zero-order valence-corrected chi connectivity index (χ0v) is 20.5. The van der Waals surface area contributed by atoms with Gasteiger partial charge >= 0.3 is 28.2 Å². The number of imide groups is 1. The number of ether oxygens (including phenoxy) is 2. The minimum Gasteiger partial charge on any atom is -0.443 e. The van der Waals surface area contributed by atoms with Crippen LogP contribution in [0.3, 0.4) is 0 Å². The quantitative estimate of drug-likeness (QED) is 0.423. The number of nitrogens with zero attached hydrogens (tertiary/aromatic N) is 2. The molecule has 0 aliphatic carbocycles. The normalized spacial score (nSPS) is 27.9. The molecule has 3 N–H and O–H groups in total. The molecule has 0 aromatic heterocycles. The third kappa shape index (κ3) is 6.52. The Morgan fingerprint density at radius 1 is 1.23 bits per heavy atom. The van der Waals surface area contributed by atoms with E-state index < -0.39 is 62.9 Å². The molecule has 11 nitrogen and oxygen atoms in total. The maximum absolute atomic E-state index is 13.0. The maximum Gasteiger partial charge on any atom is 0.420 e. The van der Waals surface area contributed by atoms with E-state index in [0.717, 1.165) is 0 Å². The molecule has 1 heterocycles. The van der Waals surface area contributed by atoms with Crippen molar-refractivity contribution >= 4 is 38.4 Å². The highest BCUT2D eigenvalue weighted by molar-refractivity contribution is 9.09. The van der Waals surface area contributed by atoms with Crippen molar-refractivity contribution < 1.29 is 31.7 Å². The van der Waals surface area contributed by atoms with Gasteiger partial charge in [-0.2, -0.15) is 13.3 Å². The molecule has 0 radical (unpaired) electrons. The van der Waals surface area contributed by atoms with Crippen LogP contribution in [0.4, 0.5) is 9.59 Å². The summed E-state index contributed by atoms with van der Waals surface area (Å²) in [7, 11) is -4.41. The topological polar surface area (TPSA) is 142 Å². The Hall–Kier alpha value is -1.46. The molecule has 4 atom stereocenters. The lowest BCUT2D eigenvalue weighted by Gasteiger charge is -2.39. The first kappa shape index (κ1) is 26.6. The van der Waals surface area contributed by atoms with E-state index in [9.17, 15) is 18.0 Å². The molecule has 0 aromatic carbocycles. The third-order valence-electron chi connectivity index (χ3n) is 3.81.